The highest BCUT2D eigenvalue weighted by Gasteiger charge is 2.49. The molecular weight excluding hydrogens is 318 g/mol. The molecule has 144 valence electrons. The summed E-state index contributed by atoms with van der Waals surface area (Å²) < 4.78 is 0. The van der Waals surface area contributed by atoms with E-state index in [1.807, 2.05) is 0 Å². The Kier molecular flexibility index (Phi) is 5.38. The van der Waals surface area contributed by atoms with Crippen LogP contribution in [0.5, 0.6) is 0 Å². The third-order valence-electron chi connectivity index (χ3n) is 7.31. The third kappa shape index (κ3) is 3.64. The van der Waals surface area contributed by atoms with Gasteiger partial charge in [0.25, 0.3) is 0 Å². The predicted octanol–water partition coefficient (Wildman–Crippen LogP) is 5.23. The molecule has 2 nitrogen and oxygen atoms in total. The summed E-state index contributed by atoms with van der Waals surface area (Å²) in [7, 11) is 0. The summed E-state index contributed by atoms with van der Waals surface area (Å²) in [6.07, 6.45) is 3.15. The van der Waals surface area contributed by atoms with E-state index in [2.05, 4.69) is 76.4 Å². The predicted molar refractivity (Wildman–Crippen MR) is 111 cm³/mol. The van der Waals surface area contributed by atoms with Crippen molar-refractivity contribution in [1.82, 2.24) is 4.90 Å². The molecule has 2 heteroatoms. The largest absolute Gasteiger partial charge is 0.393 e. The zero-order valence-electron chi connectivity index (χ0n) is 17.3. The molecule has 1 saturated heterocycles. The van der Waals surface area contributed by atoms with Crippen molar-refractivity contribution in [3.8, 4) is 0 Å². The van der Waals surface area contributed by atoms with Crippen LogP contribution in [0, 0.1) is 23.2 Å². The maximum absolute atomic E-state index is 10.8. The van der Waals surface area contributed by atoms with Crippen molar-refractivity contribution < 1.29 is 5.11 Å². The van der Waals surface area contributed by atoms with Crippen molar-refractivity contribution in [3.05, 3.63) is 42.5 Å². The molecule has 2 fully saturated rings. The van der Waals surface area contributed by atoms with Crippen LogP contribution >= 0.6 is 0 Å². The third-order valence-corrected chi connectivity index (χ3v) is 7.31. The van der Waals surface area contributed by atoms with E-state index in [1.54, 1.807) is 0 Å². The van der Waals surface area contributed by atoms with Crippen molar-refractivity contribution in [2.75, 3.05) is 13.1 Å². The Morgan fingerprint density at radius 2 is 1.85 bits per heavy atom. The zero-order valence-corrected chi connectivity index (χ0v) is 17.3. The van der Waals surface area contributed by atoms with Gasteiger partial charge >= 0.3 is 0 Å². The van der Waals surface area contributed by atoms with Gasteiger partial charge in [-0.15, -0.1) is 0 Å². The fourth-order valence-electron chi connectivity index (χ4n) is 5.42. The lowest BCUT2D eigenvalue weighted by atomic mass is 9.71. The number of likely N-dealkylation sites (tertiary alicyclic amines) is 1. The van der Waals surface area contributed by atoms with E-state index in [4.69, 9.17) is 0 Å². The van der Waals surface area contributed by atoms with Crippen LogP contribution in [-0.4, -0.2) is 34.7 Å². The van der Waals surface area contributed by atoms with Crippen LogP contribution in [0.15, 0.2) is 36.9 Å². The van der Waals surface area contributed by atoms with Crippen molar-refractivity contribution >= 4 is 5.57 Å². The minimum atomic E-state index is -0.173. The smallest absolute Gasteiger partial charge is 0.0588 e. The van der Waals surface area contributed by atoms with Crippen LogP contribution in [0.25, 0.3) is 5.57 Å². The monoisotopic (exact) mass is 355 g/mol. The van der Waals surface area contributed by atoms with E-state index < -0.39 is 0 Å². The number of nitrogens with zero attached hydrogens (tertiary/aromatic N) is 1. The highest BCUT2D eigenvalue weighted by Crippen LogP contribution is 2.48. The van der Waals surface area contributed by atoms with E-state index in [1.165, 1.54) is 17.6 Å². The normalized spacial score (nSPS) is 32.5. The number of hydrogen-bond donors (Lipinski definition) is 1. The van der Waals surface area contributed by atoms with Gasteiger partial charge in [-0.1, -0.05) is 64.1 Å². The molecule has 1 saturated carbocycles. The second-order valence-electron chi connectivity index (χ2n) is 10.1. The van der Waals surface area contributed by atoms with Crippen molar-refractivity contribution in [3.63, 3.8) is 0 Å². The summed E-state index contributed by atoms with van der Waals surface area (Å²) in [5.74, 6) is 1.46. The fraction of sp³-hybridized carbons (Fsp3) is 0.667. The Hall–Kier alpha value is -1.12. The molecule has 0 amide bonds. The van der Waals surface area contributed by atoms with E-state index in [-0.39, 0.29) is 17.1 Å². The van der Waals surface area contributed by atoms with Gasteiger partial charge in [0, 0.05) is 30.5 Å². The van der Waals surface area contributed by atoms with Crippen molar-refractivity contribution in [2.45, 2.75) is 65.5 Å². The Morgan fingerprint density at radius 1 is 1.19 bits per heavy atom. The Morgan fingerprint density at radius 3 is 2.46 bits per heavy atom. The molecule has 1 aromatic carbocycles. The van der Waals surface area contributed by atoms with Gasteiger partial charge in [0.05, 0.1) is 6.10 Å². The second-order valence-corrected chi connectivity index (χ2v) is 10.1. The zero-order chi connectivity index (χ0) is 19.1. The summed E-state index contributed by atoms with van der Waals surface area (Å²) >= 11 is 0. The number of rotatable bonds is 4. The van der Waals surface area contributed by atoms with Crippen LogP contribution in [0.4, 0.5) is 0 Å². The molecule has 1 aromatic rings. The minimum Gasteiger partial charge on any atom is -0.393 e. The molecule has 26 heavy (non-hydrogen) atoms. The maximum atomic E-state index is 10.8. The minimum absolute atomic E-state index is 0.0164. The number of aliphatic hydroxyl groups excluding tert-OH is 1. The van der Waals surface area contributed by atoms with E-state index in [0.717, 1.165) is 25.9 Å². The SMILES string of the molecule is C=C(c1ccccc1)[C@H]1CN(C(C)(C)[C@@H]2CC[C@@H](C)C[C@H]2O)CC1(C)C. The summed E-state index contributed by atoms with van der Waals surface area (Å²) in [6.45, 7) is 18.3. The molecule has 1 aliphatic heterocycles. The van der Waals surface area contributed by atoms with Crippen LogP contribution in [0.1, 0.15) is 59.4 Å². The maximum Gasteiger partial charge on any atom is 0.0588 e. The average Bonchev–Trinajstić information content (AvgIpc) is 2.91. The first-order valence-corrected chi connectivity index (χ1v) is 10.3. The molecule has 0 bridgehead atoms. The molecule has 0 aromatic heterocycles. The Balaban J connectivity index is 1.79. The topological polar surface area (TPSA) is 23.5 Å². The number of aliphatic hydroxyl groups is 1. The second kappa shape index (κ2) is 7.13. The summed E-state index contributed by atoms with van der Waals surface area (Å²) in [6, 6.07) is 10.6. The molecule has 0 radical (unpaired) electrons. The van der Waals surface area contributed by atoms with Crippen LogP contribution in [0.2, 0.25) is 0 Å². The average molecular weight is 356 g/mol. The van der Waals surface area contributed by atoms with Gasteiger partial charge < -0.3 is 5.11 Å². The molecule has 1 aliphatic carbocycles. The molecule has 0 unspecified atom stereocenters. The first kappa shape index (κ1) is 19.6. The highest BCUT2D eigenvalue weighted by atomic mass is 16.3. The Labute approximate surface area is 160 Å². The van der Waals surface area contributed by atoms with E-state index >= 15 is 0 Å². The Bertz CT molecular complexity index is 633. The molecule has 4 atom stereocenters. The molecular formula is C24H37NO. The molecule has 1 heterocycles. The standard InChI is InChI=1S/C24H37NO/c1-17-12-13-20(22(26)14-17)24(5,6)25-15-21(23(3,4)16-25)18(2)19-10-8-7-9-11-19/h7-11,17,20-22,26H,2,12-16H2,1,3-6H3/t17-,20-,21-,22-/m1/s1. The van der Waals surface area contributed by atoms with Crippen LogP contribution in [-0.2, 0) is 0 Å². The summed E-state index contributed by atoms with van der Waals surface area (Å²) in [5.41, 5.74) is 2.73. The molecule has 1 N–H and O–H groups in total. The van der Waals surface area contributed by atoms with Crippen LogP contribution < -0.4 is 0 Å². The molecule has 2 aliphatic rings. The summed E-state index contributed by atoms with van der Waals surface area (Å²) in [5, 5.41) is 10.8. The van der Waals surface area contributed by atoms with Gasteiger partial charge in [0.2, 0.25) is 0 Å². The lowest BCUT2D eigenvalue weighted by Gasteiger charge is -2.47. The van der Waals surface area contributed by atoms with Gasteiger partial charge in [-0.2, -0.15) is 0 Å². The van der Waals surface area contributed by atoms with E-state index in [0.29, 0.717) is 17.8 Å². The lowest BCUT2D eigenvalue weighted by Crippen LogP contribution is -2.54. The first-order valence-electron chi connectivity index (χ1n) is 10.3. The molecule has 0 spiro atoms. The first-order chi connectivity index (χ1) is 12.1. The number of hydrogen-bond acceptors (Lipinski definition) is 2. The van der Waals surface area contributed by atoms with Crippen LogP contribution in [0.3, 0.4) is 0 Å². The van der Waals surface area contributed by atoms with Gasteiger partial charge in [0.1, 0.15) is 0 Å². The lowest BCUT2D eigenvalue weighted by molar-refractivity contribution is -0.0394. The highest BCUT2D eigenvalue weighted by molar-refractivity contribution is 5.66. The van der Waals surface area contributed by atoms with Crippen molar-refractivity contribution in [1.29, 1.82) is 0 Å². The van der Waals surface area contributed by atoms with Gasteiger partial charge in [-0.3, -0.25) is 4.90 Å². The van der Waals surface area contributed by atoms with Gasteiger partial charge in [0.15, 0.2) is 0 Å². The molecule has 3 rings (SSSR count). The number of benzene rings is 1. The van der Waals surface area contributed by atoms with Gasteiger partial charge in [-0.25, -0.2) is 0 Å². The van der Waals surface area contributed by atoms with Crippen molar-refractivity contribution in [2.24, 2.45) is 23.2 Å². The summed E-state index contributed by atoms with van der Waals surface area (Å²) in [4.78, 5) is 2.63. The van der Waals surface area contributed by atoms with Gasteiger partial charge in [-0.05, 0) is 49.2 Å². The van der Waals surface area contributed by atoms with E-state index in [9.17, 15) is 5.11 Å². The fourth-order valence-corrected chi connectivity index (χ4v) is 5.42. The quantitative estimate of drug-likeness (QED) is 0.799.